The molecule has 0 bridgehead atoms. The summed E-state index contributed by atoms with van der Waals surface area (Å²) in [6.07, 6.45) is 3.68. The molecule has 4 aromatic rings. The van der Waals surface area contributed by atoms with Gasteiger partial charge in [-0.05, 0) is 48.0 Å². The minimum Gasteiger partial charge on any atom is -0.497 e. The maximum absolute atomic E-state index is 5.73. The van der Waals surface area contributed by atoms with Gasteiger partial charge in [0, 0.05) is 23.7 Å². The van der Waals surface area contributed by atoms with E-state index in [9.17, 15) is 0 Å². The van der Waals surface area contributed by atoms with Crippen LogP contribution in [0.1, 0.15) is 5.56 Å². The van der Waals surface area contributed by atoms with Gasteiger partial charge in [0.05, 0.1) is 12.8 Å². The van der Waals surface area contributed by atoms with Crippen LogP contribution in [0.25, 0.3) is 17.1 Å². The zero-order valence-electron chi connectivity index (χ0n) is 14.1. The largest absolute Gasteiger partial charge is 0.497 e. The van der Waals surface area contributed by atoms with E-state index >= 15 is 0 Å². The molecule has 0 aliphatic rings. The molecule has 0 saturated carbocycles. The molecule has 2 aromatic carbocycles. The van der Waals surface area contributed by atoms with Crippen LogP contribution in [-0.2, 0) is 5.75 Å². The number of benzene rings is 2. The minimum atomic E-state index is 0.504. The predicted molar refractivity (Wildman–Crippen MR) is 99.4 cm³/mol. The van der Waals surface area contributed by atoms with E-state index in [0.717, 1.165) is 22.8 Å². The molecule has 2 aromatic heterocycles. The Bertz CT molecular complexity index is 964. The summed E-state index contributed by atoms with van der Waals surface area (Å²) >= 11 is 1.51. The molecule has 0 spiro atoms. The molecule has 0 aliphatic heterocycles. The van der Waals surface area contributed by atoms with Crippen LogP contribution in [0.15, 0.2) is 76.6 Å². The summed E-state index contributed by atoms with van der Waals surface area (Å²) in [6.45, 7) is 0. The average Bonchev–Trinajstić information content (AvgIpc) is 3.39. The van der Waals surface area contributed by atoms with Crippen molar-refractivity contribution in [2.24, 2.45) is 0 Å². The molecule has 0 aliphatic carbocycles. The fraction of sp³-hybridized carbons (Fsp3) is 0.105. The van der Waals surface area contributed by atoms with Crippen molar-refractivity contribution >= 4 is 11.8 Å². The molecule has 26 heavy (non-hydrogen) atoms. The summed E-state index contributed by atoms with van der Waals surface area (Å²) in [4.78, 5) is 0. The van der Waals surface area contributed by atoms with Gasteiger partial charge < -0.3 is 9.15 Å². The van der Waals surface area contributed by atoms with Crippen LogP contribution in [0.3, 0.4) is 0 Å². The van der Waals surface area contributed by atoms with Crippen molar-refractivity contribution in [3.05, 3.63) is 72.6 Å². The second-order valence-corrected chi connectivity index (χ2v) is 6.43. The van der Waals surface area contributed by atoms with Gasteiger partial charge in [-0.2, -0.15) is 5.10 Å². The van der Waals surface area contributed by atoms with E-state index < -0.39 is 0 Å². The molecule has 0 unspecified atom stereocenters. The molecular weight excluding hydrogens is 348 g/mol. The van der Waals surface area contributed by atoms with E-state index in [1.807, 2.05) is 53.3 Å². The summed E-state index contributed by atoms with van der Waals surface area (Å²) in [7, 11) is 1.64. The first-order valence-corrected chi connectivity index (χ1v) is 9.00. The second kappa shape index (κ2) is 7.45. The fourth-order valence-corrected chi connectivity index (χ4v) is 3.15. The Labute approximate surface area is 154 Å². The second-order valence-electron chi connectivity index (χ2n) is 5.51. The Hall–Kier alpha value is -3.06. The molecule has 0 radical (unpaired) electrons. The lowest BCUT2D eigenvalue weighted by Crippen LogP contribution is -1.93. The molecular formula is C19H16N4O2S. The number of thioether (sulfide) groups is 1. The highest BCUT2D eigenvalue weighted by atomic mass is 32.2. The van der Waals surface area contributed by atoms with Gasteiger partial charge in [0.1, 0.15) is 5.75 Å². The molecule has 0 atom stereocenters. The lowest BCUT2D eigenvalue weighted by Gasteiger charge is -2.03. The third-order valence-electron chi connectivity index (χ3n) is 3.81. The number of aromatic nitrogens is 4. The van der Waals surface area contributed by atoms with Crippen molar-refractivity contribution in [3.63, 3.8) is 0 Å². The van der Waals surface area contributed by atoms with E-state index in [2.05, 4.69) is 27.4 Å². The molecule has 0 saturated heterocycles. The van der Waals surface area contributed by atoms with Crippen LogP contribution in [-0.4, -0.2) is 27.1 Å². The molecule has 4 rings (SSSR count). The SMILES string of the molecule is COc1ccc(-c2nnc(SCc3ccc(-n4cccn4)cc3)o2)cc1. The summed E-state index contributed by atoms with van der Waals surface area (Å²) in [5.41, 5.74) is 3.08. The van der Waals surface area contributed by atoms with Crippen molar-refractivity contribution in [2.75, 3.05) is 7.11 Å². The molecule has 130 valence electrons. The van der Waals surface area contributed by atoms with E-state index in [4.69, 9.17) is 9.15 Å². The normalized spacial score (nSPS) is 10.8. The van der Waals surface area contributed by atoms with Crippen LogP contribution in [0.4, 0.5) is 0 Å². The Morgan fingerprint density at radius 1 is 1.04 bits per heavy atom. The van der Waals surface area contributed by atoms with Gasteiger partial charge in [0.25, 0.3) is 5.22 Å². The van der Waals surface area contributed by atoms with E-state index in [-0.39, 0.29) is 0 Å². The summed E-state index contributed by atoms with van der Waals surface area (Å²) < 4.78 is 12.7. The third kappa shape index (κ3) is 3.62. The maximum Gasteiger partial charge on any atom is 0.277 e. The molecule has 0 fully saturated rings. The Kier molecular flexibility index (Phi) is 4.70. The van der Waals surface area contributed by atoms with E-state index in [1.165, 1.54) is 17.3 Å². The van der Waals surface area contributed by atoms with Crippen molar-refractivity contribution in [2.45, 2.75) is 11.0 Å². The van der Waals surface area contributed by atoms with Crippen molar-refractivity contribution in [3.8, 4) is 22.9 Å². The van der Waals surface area contributed by atoms with Crippen molar-refractivity contribution in [1.29, 1.82) is 0 Å². The minimum absolute atomic E-state index is 0.504. The monoisotopic (exact) mass is 364 g/mol. The standard InChI is InChI=1S/C19H16N4O2S/c1-24-17-9-5-15(6-10-17)18-21-22-19(25-18)26-13-14-3-7-16(8-4-14)23-12-2-11-20-23/h2-12H,13H2,1H3. The fourth-order valence-electron chi connectivity index (χ4n) is 2.43. The van der Waals surface area contributed by atoms with Gasteiger partial charge in [0.2, 0.25) is 5.89 Å². The number of rotatable bonds is 6. The summed E-state index contributed by atoms with van der Waals surface area (Å²) in [5.74, 6) is 2.05. The number of ether oxygens (including phenoxy) is 1. The van der Waals surface area contributed by atoms with Crippen LogP contribution in [0.2, 0.25) is 0 Å². The molecule has 2 heterocycles. The first-order valence-electron chi connectivity index (χ1n) is 8.01. The Morgan fingerprint density at radius 3 is 2.54 bits per heavy atom. The Morgan fingerprint density at radius 2 is 1.85 bits per heavy atom. The highest BCUT2D eigenvalue weighted by molar-refractivity contribution is 7.98. The van der Waals surface area contributed by atoms with Crippen LogP contribution in [0, 0.1) is 0 Å². The summed E-state index contributed by atoms with van der Waals surface area (Å²) in [5, 5.41) is 13.0. The highest BCUT2D eigenvalue weighted by Gasteiger charge is 2.09. The number of hydrogen-bond donors (Lipinski definition) is 0. The van der Waals surface area contributed by atoms with Gasteiger partial charge in [-0.25, -0.2) is 4.68 Å². The van der Waals surface area contributed by atoms with Gasteiger partial charge in [-0.3, -0.25) is 0 Å². The average molecular weight is 364 g/mol. The van der Waals surface area contributed by atoms with Gasteiger partial charge in [-0.1, -0.05) is 23.9 Å². The molecule has 0 N–H and O–H groups in total. The van der Waals surface area contributed by atoms with Crippen LogP contribution in [0.5, 0.6) is 5.75 Å². The molecule has 0 amide bonds. The molecule has 7 heteroatoms. The predicted octanol–water partition coefficient (Wildman–Crippen LogP) is 4.22. The van der Waals surface area contributed by atoms with E-state index in [1.54, 1.807) is 13.3 Å². The number of nitrogens with zero attached hydrogens (tertiary/aromatic N) is 4. The smallest absolute Gasteiger partial charge is 0.277 e. The first-order chi connectivity index (χ1) is 12.8. The maximum atomic E-state index is 5.73. The van der Waals surface area contributed by atoms with E-state index in [0.29, 0.717) is 11.1 Å². The lowest BCUT2D eigenvalue weighted by atomic mass is 10.2. The van der Waals surface area contributed by atoms with Gasteiger partial charge in [0.15, 0.2) is 0 Å². The zero-order chi connectivity index (χ0) is 17.8. The quantitative estimate of drug-likeness (QED) is 0.477. The lowest BCUT2D eigenvalue weighted by molar-refractivity contribution is 0.414. The highest BCUT2D eigenvalue weighted by Crippen LogP contribution is 2.27. The van der Waals surface area contributed by atoms with Crippen molar-refractivity contribution < 1.29 is 9.15 Å². The van der Waals surface area contributed by atoms with Crippen LogP contribution < -0.4 is 4.74 Å². The topological polar surface area (TPSA) is 66.0 Å². The number of methoxy groups -OCH3 is 1. The number of hydrogen-bond acceptors (Lipinski definition) is 6. The van der Waals surface area contributed by atoms with Gasteiger partial charge in [-0.15, -0.1) is 10.2 Å². The zero-order valence-corrected chi connectivity index (χ0v) is 14.9. The van der Waals surface area contributed by atoms with Crippen molar-refractivity contribution in [1.82, 2.24) is 20.0 Å². The Balaban J connectivity index is 1.39. The summed E-state index contributed by atoms with van der Waals surface area (Å²) in [6, 6.07) is 17.7. The van der Waals surface area contributed by atoms with Crippen LogP contribution >= 0.6 is 11.8 Å². The molecule has 6 nitrogen and oxygen atoms in total. The first kappa shape index (κ1) is 16.4. The third-order valence-corrected chi connectivity index (χ3v) is 4.70. The van der Waals surface area contributed by atoms with Gasteiger partial charge >= 0.3 is 0 Å².